The Morgan fingerprint density at radius 2 is 1.34 bits per heavy atom. The molecule has 8 aliphatic rings. The second kappa shape index (κ2) is 17.3. The molecule has 58 heavy (non-hydrogen) atoms. The lowest BCUT2D eigenvalue weighted by Crippen LogP contribution is -2.48. The van der Waals surface area contributed by atoms with Crippen molar-refractivity contribution in [2.45, 2.75) is 121 Å². The fraction of sp³-hybridized carbons (Fsp3) is 0.463. The third-order valence-electron chi connectivity index (χ3n) is 15.1. The van der Waals surface area contributed by atoms with E-state index in [4.69, 9.17) is 15.0 Å². The molecule has 1 aromatic heterocycles. The average molecular weight is 767 g/mol. The molecule has 0 saturated carbocycles. The fourth-order valence-corrected chi connectivity index (χ4v) is 11.6. The molecule has 9 atom stereocenters. The maximum atomic E-state index is 5.40. The zero-order chi connectivity index (χ0) is 38.7. The largest absolute Gasteiger partial charge is 0.381 e. The van der Waals surface area contributed by atoms with Crippen LogP contribution in [0.25, 0.3) is 17.7 Å². The van der Waals surface area contributed by atoms with Crippen LogP contribution in [0.2, 0.25) is 0 Å². The first-order chi connectivity index (χ1) is 28.7. The monoisotopic (exact) mass is 766 g/mol. The molecule has 4 nitrogen and oxygen atoms in total. The van der Waals surface area contributed by atoms with Gasteiger partial charge in [-0.05, 0) is 148 Å². The molecule has 1 aromatic carbocycles. The van der Waals surface area contributed by atoms with Gasteiger partial charge in [0.25, 0.3) is 0 Å². The molecule has 0 saturated heterocycles. The molecule has 0 fully saturated rings. The first-order valence-electron chi connectivity index (χ1n) is 23.1. The van der Waals surface area contributed by atoms with E-state index in [1.165, 1.54) is 53.0 Å². The summed E-state index contributed by atoms with van der Waals surface area (Å²) in [5.41, 5.74) is 5.83. The van der Waals surface area contributed by atoms with Crippen molar-refractivity contribution < 1.29 is 0 Å². The van der Waals surface area contributed by atoms with Crippen molar-refractivity contribution >= 4 is 17.7 Å². The summed E-state index contributed by atoms with van der Waals surface area (Å²) in [6, 6.07) is 9.33. The summed E-state index contributed by atoms with van der Waals surface area (Å²) in [5.74, 6) is 7.43. The van der Waals surface area contributed by atoms with E-state index >= 15 is 0 Å². The Bertz CT molecular complexity index is 2260. The standard InChI is InChI=1S/C54H62N4/c1-4-12-37(13-5-1)40-20-27-44(28-21-40)52-56-53(45-29-22-41(23-30-45)38-14-6-2-7-15-38)58-54(57-52)46-31-25-43(26-32-46)50-35-34-49(42-17-8-3-9-18-42)51(55-50)48-33-24-39-16-10-11-19-47(39)36-48/h1,3-6,8-12,14,16-17,19-20,24-25,29,35-38,41-42,44,46,48-49,51,55H,2,7,13,15,18,21-23,26-28,30-34H2. The average Bonchev–Trinajstić information content (AvgIpc) is 3.32. The number of benzene rings is 1. The minimum absolute atomic E-state index is 0.326. The fourth-order valence-electron chi connectivity index (χ4n) is 11.6. The van der Waals surface area contributed by atoms with Gasteiger partial charge >= 0.3 is 0 Å². The van der Waals surface area contributed by atoms with Crippen LogP contribution in [-0.2, 0) is 0 Å². The predicted molar refractivity (Wildman–Crippen MR) is 240 cm³/mol. The smallest absolute Gasteiger partial charge is 0.159 e. The Morgan fingerprint density at radius 1 is 0.552 bits per heavy atom. The van der Waals surface area contributed by atoms with E-state index in [2.05, 4.69) is 127 Å². The van der Waals surface area contributed by atoms with Crippen LogP contribution >= 0.6 is 0 Å². The van der Waals surface area contributed by atoms with E-state index in [0.717, 1.165) is 106 Å². The molecule has 0 radical (unpaired) electrons. The first-order valence-corrected chi connectivity index (χ1v) is 23.1. The maximum Gasteiger partial charge on any atom is 0.159 e. The van der Waals surface area contributed by atoms with Crippen molar-refractivity contribution in [2.24, 2.45) is 35.5 Å². The van der Waals surface area contributed by atoms with Gasteiger partial charge in [-0.2, -0.15) is 0 Å². The summed E-state index contributed by atoms with van der Waals surface area (Å²) in [4.78, 5) is 16.1. The van der Waals surface area contributed by atoms with Crippen LogP contribution in [0.3, 0.4) is 0 Å². The van der Waals surface area contributed by atoms with Crippen LogP contribution in [-0.4, -0.2) is 21.0 Å². The van der Waals surface area contributed by atoms with E-state index in [1.54, 1.807) is 5.57 Å². The zero-order valence-electron chi connectivity index (χ0n) is 34.4. The zero-order valence-corrected chi connectivity index (χ0v) is 34.4. The third-order valence-corrected chi connectivity index (χ3v) is 15.1. The molecule has 4 heteroatoms. The Hall–Kier alpha value is -4.57. The minimum Gasteiger partial charge on any atom is -0.381 e. The summed E-state index contributed by atoms with van der Waals surface area (Å²) in [5, 5.41) is 6.97. The van der Waals surface area contributed by atoms with Crippen LogP contribution in [0.5, 0.6) is 0 Å². The van der Waals surface area contributed by atoms with Gasteiger partial charge in [-0.3, -0.25) is 0 Å². The number of nitrogens with one attached hydrogen (secondary N) is 1. The van der Waals surface area contributed by atoms with Crippen molar-refractivity contribution in [1.82, 2.24) is 20.3 Å². The second-order valence-electron chi connectivity index (χ2n) is 18.6. The van der Waals surface area contributed by atoms with Gasteiger partial charge in [0.05, 0.1) is 0 Å². The van der Waals surface area contributed by atoms with Crippen molar-refractivity contribution in [3.63, 3.8) is 0 Å². The van der Waals surface area contributed by atoms with Gasteiger partial charge in [0, 0.05) is 35.4 Å². The summed E-state index contributed by atoms with van der Waals surface area (Å²) in [7, 11) is 0. The lowest BCUT2D eigenvalue weighted by Gasteiger charge is -2.42. The van der Waals surface area contributed by atoms with Gasteiger partial charge < -0.3 is 5.32 Å². The predicted octanol–water partition coefficient (Wildman–Crippen LogP) is 11.2. The molecule has 2 aromatic rings. The number of nitrogens with zero attached hydrogens (tertiary/aromatic N) is 3. The lowest BCUT2D eigenvalue weighted by atomic mass is 9.71. The summed E-state index contributed by atoms with van der Waals surface area (Å²) in [6.07, 6.45) is 56.8. The van der Waals surface area contributed by atoms with E-state index in [9.17, 15) is 0 Å². The molecule has 9 unspecified atom stereocenters. The Morgan fingerprint density at radius 3 is 2.05 bits per heavy atom. The van der Waals surface area contributed by atoms with Gasteiger partial charge in [-0.1, -0.05) is 127 Å². The topological polar surface area (TPSA) is 50.7 Å². The van der Waals surface area contributed by atoms with Gasteiger partial charge in [-0.25, -0.2) is 15.0 Å². The van der Waals surface area contributed by atoms with E-state index in [0.29, 0.717) is 41.5 Å². The number of hydrogen-bond donors (Lipinski definition) is 1. The second-order valence-corrected chi connectivity index (χ2v) is 18.6. The van der Waals surface area contributed by atoms with E-state index in [1.807, 2.05) is 0 Å². The molecule has 1 aliphatic heterocycles. The van der Waals surface area contributed by atoms with Gasteiger partial charge in [0.2, 0.25) is 0 Å². The third kappa shape index (κ3) is 8.18. The maximum absolute atomic E-state index is 5.40. The molecule has 7 aliphatic carbocycles. The van der Waals surface area contributed by atoms with E-state index < -0.39 is 0 Å². The summed E-state index contributed by atoms with van der Waals surface area (Å²) in [6.45, 7) is 0. The lowest BCUT2D eigenvalue weighted by molar-refractivity contribution is 0.247. The Balaban J connectivity index is 0.895. The minimum atomic E-state index is 0.326. The highest BCUT2D eigenvalue weighted by Crippen LogP contribution is 2.42. The van der Waals surface area contributed by atoms with Crippen LogP contribution in [0.15, 0.2) is 126 Å². The van der Waals surface area contributed by atoms with Crippen LogP contribution in [0.4, 0.5) is 0 Å². The molecule has 0 spiro atoms. The normalized spacial score (nSPS) is 33.1. The molecule has 2 heterocycles. The number of fused-ring (bicyclic) bond motifs is 1. The molecular formula is C54H62N4. The van der Waals surface area contributed by atoms with Crippen molar-refractivity contribution in [3.05, 3.63) is 154 Å². The van der Waals surface area contributed by atoms with Crippen LogP contribution in [0, 0.1) is 35.5 Å². The quantitative estimate of drug-likeness (QED) is 0.272. The van der Waals surface area contributed by atoms with Crippen molar-refractivity contribution in [1.29, 1.82) is 0 Å². The highest BCUT2D eigenvalue weighted by atomic mass is 15.0. The summed E-state index contributed by atoms with van der Waals surface area (Å²) < 4.78 is 0. The van der Waals surface area contributed by atoms with Gasteiger partial charge in [-0.15, -0.1) is 0 Å². The Kier molecular flexibility index (Phi) is 11.3. The summed E-state index contributed by atoms with van der Waals surface area (Å²) >= 11 is 0. The van der Waals surface area contributed by atoms with Gasteiger partial charge in [0.1, 0.15) is 11.6 Å². The number of hydrogen-bond acceptors (Lipinski definition) is 4. The molecule has 0 bridgehead atoms. The first kappa shape index (κ1) is 37.7. The molecule has 298 valence electrons. The molecule has 1 N–H and O–H groups in total. The Labute approximate surface area is 346 Å². The SMILES string of the molecule is C1=CCC(C2=CCC(c3nc(C4=CCC(C5C=CCCC5)CC4)nc(C4CC=C(C5=CCC(C6C=CC=CC6)C(C6C=c7ccccc7=CC6)N5)CC4)n3)CC2)C=C1. The number of allylic oxidation sites excluding steroid dienone is 17. The van der Waals surface area contributed by atoms with Crippen molar-refractivity contribution in [3.8, 4) is 0 Å². The van der Waals surface area contributed by atoms with Crippen LogP contribution in [0.1, 0.15) is 132 Å². The highest BCUT2D eigenvalue weighted by molar-refractivity contribution is 5.60. The van der Waals surface area contributed by atoms with E-state index in [-0.39, 0.29) is 0 Å². The van der Waals surface area contributed by atoms with Crippen LogP contribution < -0.4 is 15.8 Å². The molecule has 0 amide bonds. The highest BCUT2D eigenvalue weighted by Gasteiger charge is 2.37. The van der Waals surface area contributed by atoms with Gasteiger partial charge in [0.15, 0.2) is 5.82 Å². The number of aromatic nitrogens is 3. The molecular weight excluding hydrogens is 705 g/mol. The van der Waals surface area contributed by atoms with Crippen molar-refractivity contribution in [2.75, 3.05) is 0 Å². The molecule has 10 rings (SSSR count). The number of rotatable bonds is 8.